The first-order valence-electron chi connectivity index (χ1n) is 15.1. The number of rotatable bonds is 16. The van der Waals surface area contributed by atoms with Crippen molar-refractivity contribution < 1.29 is 114 Å². The Bertz CT molecular complexity index is 1390. The fourth-order valence-electron chi connectivity index (χ4n) is 5.60. The number of hydrogen-bond donors (Lipinski definition) is 5. The van der Waals surface area contributed by atoms with Gasteiger partial charge in [-0.1, -0.05) is 18.2 Å². The summed E-state index contributed by atoms with van der Waals surface area (Å²) in [7, 11) is 0. The largest absolute Gasteiger partial charge is 1.00 e. The van der Waals surface area contributed by atoms with Crippen LogP contribution in [0.3, 0.4) is 0 Å². The average Bonchev–Trinajstić information content (AvgIpc) is 3.42. The predicted molar refractivity (Wildman–Crippen MR) is 158 cm³/mol. The van der Waals surface area contributed by atoms with Gasteiger partial charge in [-0.25, -0.2) is 0 Å². The van der Waals surface area contributed by atoms with E-state index in [-0.39, 0.29) is 82.1 Å². The molecule has 0 bridgehead atoms. The number of nitrogens with one attached hydrogen (secondary N) is 1. The molecule has 6 atom stereocenters. The maximum atomic E-state index is 12.5. The molecule has 1 fully saturated rings. The van der Waals surface area contributed by atoms with Gasteiger partial charge in [-0.05, 0) is 55.5 Å². The molecular weight excluding hydrogens is 670 g/mol. The molecule has 1 saturated heterocycles. The molecule has 2 aromatic carbocycles. The molecule has 48 heavy (non-hydrogen) atoms. The maximum Gasteiger partial charge on any atom is 1.00 e. The summed E-state index contributed by atoms with van der Waals surface area (Å²) in [6.45, 7) is 2.17. The summed E-state index contributed by atoms with van der Waals surface area (Å²) in [6.07, 6.45) is -11.5. The number of fused-ring (bicyclic) bond motifs is 1. The zero-order chi connectivity index (χ0) is 34.3. The normalized spacial score (nSPS) is 22.8. The summed E-state index contributed by atoms with van der Waals surface area (Å²) >= 11 is 0. The fourth-order valence-corrected chi connectivity index (χ4v) is 5.60. The number of hydrogen-bond acceptors (Lipinski definition) is 12. The number of benzene rings is 2. The number of nitrogens with two attached hydrogens (primary N) is 1. The number of carbonyl (C=O) groups is 2. The van der Waals surface area contributed by atoms with Gasteiger partial charge in [0, 0.05) is 25.7 Å². The van der Waals surface area contributed by atoms with Crippen LogP contribution in [0.15, 0.2) is 36.4 Å². The van der Waals surface area contributed by atoms with Crippen molar-refractivity contribution in [1.29, 1.82) is 0 Å². The molecule has 0 radical (unpaired) electrons. The number of carboxylic acids is 1. The van der Waals surface area contributed by atoms with E-state index in [2.05, 4.69) is 5.32 Å². The molecule has 0 unspecified atom stereocenters. The van der Waals surface area contributed by atoms with E-state index in [0.717, 1.165) is 11.1 Å². The maximum absolute atomic E-state index is 12.5. The SMILES string of the molecule is C[C@H](Cc1cc2c(c(C(N)=O)c1)N(CCCO[C@@H]1O[C@H](C(=O)[O-])[C@@H](O)[C@H](O)[C@H]1O)CC2)NCCOc1ccccc1OCC(F)(F)F.[K+]. The molecule has 13 nitrogen and oxygen atoms in total. The van der Waals surface area contributed by atoms with Crippen LogP contribution < -0.4 is 81.9 Å². The Labute approximate surface area is 317 Å². The van der Waals surface area contributed by atoms with Gasteiger partial charge >= 0.3 is 57.6 Å². The number of anilines is 1. The molecule has 17 heteroatoms. The van der Waals surface area contributed by atoms with Crippen LogP contribution in [0.5, 0.6) is 11.5 Å². The Morgan fingerprint density at radius 2 is 1.79 bits per heavy atom. The first-order chi connectivity index (χ1) is 22.2. The monoisotopic (exact) mass is 709 g/mol. The number of carboxylic acid groups (broad SMARTS) is 1. The molecule has 260 valence electrons. The minimum absolute atomic E-state index is 0. The molecule has 2 aliphatic heterocycles. The molecule has 0 saturated carbocycles. The standard InChI is InChI=1S/C31H40F3N3O10.K/c1-17(36-8-12-44-21-5-2-3-6-22(21)46-16-31(32,33)34)13-18-14-19-7-10-37(23(19)20(15-18)28(35)41)9-4-11-45-30-26(40)24(38)25(39)27(47-30)29(42)43;/h2-3,5-6,14-15,17,24-27,30,36,38-40H,4,7-13,16H2,1H3,(H2,35,41)(H,42,43);/q;+1/p-1/t17-,24+,25+,26-,27+,30-;/m1./s1. The van der Waals surface area contributed by atoms with Crippen molar-refractivity contribution in [2.45, 2.75) is 69.1 Å². The summed E-state index contributed by atoms with van der Waals surface area (Å²) in [5.74, 6) is -2.14. The number of aliphatic carboxylic acids is 1. The number of alkyl halides is 3. The number of primary amides is 1. The number of para-hydroxylation sites is 2. The third-order valence-corrected chi connectivity index (χ3v) is 7.77. The molecule has 0 spiro atoms. The number of amides is 1. The van der Waals surface area contributed by atoms with Gasteiger partial charge < -0.3 is 60.1 Å². The predicted octanol–water partition coefficient (Wildman–Crippen LogP) is -3.34. The van der Waals surface area contributed by atoms with Crippen LogP contribution >= 0.6 is 0 Å². The Balaban J connectivity index is 0.00000625. The summed E-state index contributed by atoms with van der Waals surface area (Å²) in [6, 6.07) is 9.85. The summed E-state index contributed by atoms with van der Waals surface area (Å²) < 4.78 is 58.6. The Kier molecular flexibility index (Phi) is 15.4. The van der Waals surface area contributed by atoms with Gasteiger partial charge in [0.2, 0.25) is 0 Å². The first-order valence-corrected chi connectivity index (χ1v) is 15.1. The number of aliphatic hydroxyl groups is 3. The first kappa shape index (κ1) is 40.4. The molecule has 0 aromatic heterocycles. The van der Waals surface area contributed by atoms with Crippen molar-refractivity contribution in [2.75, 3.05) is 44.4 Å². The fraction of sp³-hybridized carbons (Fsp3) is 0.548. The Morgan fingerprint density at radius 1 is 1.10 bits per heavy atom. The number of halogens is 3. The average molecular weight is 710 g/mol. The van der Waals surface area contributed by atoms with E-state index < -0.39 is 55.4 Å². The summed E-state index contributed by atoms with van der Waals surface area (Å²) in [5, 5.41) is 44.3. The van der Waals surface area contributed by atoms with E-state index >= 15 is 0 Å². The Hall–Kier alpha value is -2.03. The van der Waals surface area contributed by atoms with Crippen LogP contribution in [-0.2, 0) is 27.1 Å². The number of aliphatic hydroxyl groups excluding tert-OH is 3. The number of carbonyl (C=O) groups excluding carboxylic acids is 2. The van der Waals surface area contributed by atoms with Crippen LogP contribution in [0.1, 0.15) is 34.8 Å². The molecule has 2 aliphatic rings. The summed E-state index contributed by atoms with van der Waals surface area (Å²) in [4.78, 5) is 25.6. The van der Waals surface area contributed by atoms with Gasteiger partial charge in [0.1, 0.15) is 31.0 Å². The van der Waals surface area contributed by atoms with Crippen LogP contribution in [-0.4, -0.2) is 110 Å². The van der Waals surface area contributed by atoms with Crippen LogP contribution in [0, 0.1) is 0 Å². The molecular formula is C31H39F3KN3O10. The van der Waals surface area contributed by atoms with Gasteiger partial charge in [0.05, 0.1) is 23.8 Å². The minimum Gasteiger partial charge on any atom is -0.547 e. The van der Waals surface area contributed by atoms with Crippen molar-refractivity contribution in [2.24, 2.45) is 5.73 Å². The third-order valence-electron chi connectivity index (χ3n) is 7.77. The summed E-state index contributed by atoms with van der Waals surface area (Å²) in [5.41, 5.74) is 8.67. The van der Waals surface area contributed by atoms with E-state index in [1.54, 1.807) is 18.2 Å². The minimum atomic E-state index is -4.47. The molecule has 2 heterocycles. The van der Waals surface area contributed by atoms with E-state index in [1.807, 2.05) is 17.9 Å². The second kappa shape index (κ2) is 18.3. The second-order valence-corrected chi connectivity index (χ2v) is 11.5. The van der Waals surface area contributed by atoms with E-state index in [0.29, 0.717) is 50.1 Å². The Morgan fingerprint density at radius 3 is 2.44 bits per heavy atom. The van der Waals surface area contributed by atoms with Gasteiger partial charge in [-0.15, -0.1) is 0 Å². The van der Waals surface area contributed by atoms with Gasteiger partial charge in [-0.3, -0.25) is 4.79 Å². The van der Waals surface area contributed by atoms with E-state index in [4.69, 9.17) is 24.7 Å². The van der Waals surface area contributed by atoms with Crippen LogP contribution in [0.25, 0.3) is 0 Å². The molecule has 1 amide bonds. The zero-order valence-electron chi connectivity index (χ0n) is 26.7. The topological polar surface area (TPSA) is 196 Å². The molecule has 0 aliphatic carbocycles. The number of nitrogens with zero attached hydrogens (tertiary/aromatic N) is 1. The van der Waals surface area contributed by atoms with E-state index in [1.165, 1.54) is 12.1 Å². The van der Waals surface area contributed by atoms with Crippen LogP contribution in [0.2, 0.25) is 0 Å². The zero-order valence-corrected chi connectivity index (χ0v) is 29.8. The van der Waals surface area contributed by atoms with E-state index in [9.17, 15) is 43.2 Å². The molecule has 4 rings (SSSR count). The van der Waals surface area contributed by atoms with Crippen molar-refractivity contribution in [3.63, 3.8) is 0 Å². The van der Waals surface area contributed by atoms with Gasteiger partial charge in [-0.2, -0.15) is 13.2 Å². The molecule has 6 N–H and O–H groups in total. The third kappa shape index (κ3) is 11.0. The van der Waals surface area contributed by atoms with Crippen molar-refractivity contribution in [3.05, 3.63) is 53.1 Å². The van der Waals surface area contributed by atoms with Crippen molar-refractivity contribution in [1.82, 2.24) is 5.32 Å². The van der Waals surface area contributed by atoms with Crippen molar-refractivity contribution in [3.8, 4) is 11.5 Å². The van der Waals surface area contributed by atoms with Crippen LogP contribution in [0.4, 0.5) is 18.9 Å². The second-order valence-electron chi connectivity index (χ2n) is 11.5. The van der Waals surface area contributed by atoms with Crippen molar-refractivity contribution >= 4 is 17.6 Å². The van der Waals surface area contributed by atoms with Gasteiger partial charge in [0.25, 0.3) is 5.91 Å². The number of ether oxygens (including phenoxy) is 4. The smallest absolute Gasteiger partial charge is 0.547 e. The van der Waals surface area contributed by atoms with Gasteiger partial charge in [0.15, 0.2) is 24.4 Å². The quantitative estimate of drug-likeness (QED) is 0.0861. The molecule has 2 aromatic rings.